The van der Waals surface area contributed by atoms with Crippen molar-refractivity contribution in [3.8, 4) is 0 Å². The molecule has 1 N–H and O–H groups in total. The highest BCUT2D eigenvalue weighted by atomic mass is 32.1. The maximum absolute atomic E-state index is 4.30. The van der Waals surface area contributed by atoms with Crippen molar-refractivity contribution in [2.24, 2.45) is 11.8 Å². The van der Waals surface area contributed by atoms with E-state index < -0.39 is 0 Å². The first-order chi connectivity index (χ1) is 6.93. The molecule has 2 saturated carbocycles. The van der Waals surface area contributed by atoms with E-state index in [1.807, 2.05) is 5.51 Å². The zero-order valence-electron chi connectivity index (χ0n) is 8.28. The first kappa shape index (κ1) is 8.86. The van der Waals surface area contributed by atoms with Crippen molar-refractivity contribution in [3.05, 3.63) is 16.6 Å². The van der Waals surface area contributed by atoms with E-state index in [2.05, 4.69) is 15.7 Å². The van der Waals surface area contributed by atoms with Gasteiger partial charge in [0, 0.05) is 18.0 Å². The molecule has 1 aromatic heterocycles. The van der Waals surface area contributed by atoms with Crippen molar-refractivity contribution < 1.29 is 0 Å². The third-order valence-electron chi connectivity index (χ3n) is 3.26. The van der Waals surface area contributed by atoms with Gasteiger partial charge in [0.25, 0.3) is 0 Å². The summed E-state index contributed by atoms with van der Waals surface area (Å²) in [7, 11) is 0. The summed E-state index contributed by atoms with van der Waals surface area (Å²) in [5.74, 6) is 1.97. The molecule has 0 unspecified atom stereocenters. The summed E-state index contributed by atoms with van der Waals surface area (Å²) in [5, 5.41) is 5.83. The molecule has 0 bridgehead atoms. The molecule has 2 fully saturated rings. The summed E-state index contributed by atoms with van der Waals surface area (Å²) in [6.07, 6.45) is 5.80. The molecule has 0 saturated heterocycles. The Morgan fingerprint density at radius 1 is 1.36 bits per heavy atom. The van der Waals surface area contributed by atoms with Crippen LogP contribution < -0.4 is 5.32 Å². The van der Waals surface area contributed by atoms with E-state index in [-0.39, 0.29) is 0 Å². The molecule has 1 aromatic rings. The average Bonchev–Trinajstić information content (AvgIpc) is 3.09. The van der Waals surface area contributed by atoms with Gasteiger partial charge in [-0.05, 0) is 37.5 Å². The topological polar surface area (TPSA) is 24.9 Å². The standard InChI is InChI=1S/C11H16N2S/c1-2-8(1)11(9-3-4-9)12-5-10-6-14-7-13-10/h6-9,11-12H,1-5H2. The van der Waals surface area contributed by atoms with E-state index in [0.717, 1.165) is 24.4 Å². The van der Waals surface area contributed by atoms with Gasteiger partial charge in [-0.2, -0.15) is 0 Å². The summed E-state index contributed by atoms with van der Waals surface area (Å²) in [6.45, 7) is 0.973. The minimum Gasteiger partial charge on any atom is -0.308 e. The molecule has 0 spiro atoms. The number of nitrogens with one attached hydrogen (secondary N) is 1. The van der Waals surface area contributed by atoms with Crippen LogP contribution in [0.4, 0.5) is 0 Å². The van der Waals surface area contributed by atoms with Gasteiger partial charge in [0.05, 0.1) is 11.2 Å². The van der Waals surface area contributed by atoms with E-state index in [1.165, 1.54) is 31.4 Å². The Kier molecular flexibility index (Phi) is 2.30. The van der Waals surface area contributed by atoms with Crippen LogP contribution in [-0.4, -0.2) is 11.0 Å². The van der Waals surface area contributed by atoms with E-state index in [4.69, 9.17) is 0 Å². The minimum absolute atomic E-state index is 0.802. The van der Waals surface area contributed by atoms with Crippen LogP contribution in [0.15, 0.2) is 10.9 Å². The number of hydrogen-bond donors (Lipinski definition) is 1. The van der Waals surface area contributed by atoms with Gasteiger partial charge in [-0.15, -0.1) is 11.3 Å². The third-order valence-corrected chi connectivity index (χ3v) is 3.90. The lowest BCUT2D eigenvalue weighted by atomic mass is 10.1. The molecule has 0 atom stereocenters. The largest absolute Gasteiger partial charge is 0.308 e. The molecule has 0 amide bonds. The van der Waals surface area contributed by atoms with Crippen LogP contribution >= 0.6 is 11.3 Å². The van der Waals surface area contributed by atoms with Crippen molar-refractivity contribution in [1.82, 2.24) is 10.3 Å². The second kappa shape index (κ2) is 3.63. The normalized spacial score (nSPS) is 21.8. The van der Waals surface area contributed by atoms with Crippen LogP contribution in [-0.2, 0) is 6.54 Å². The van der Waals surface area contributed by atoms with Crippen molar-refractivity contribution in [1.29, 1.82) is 0 Å². The Morgan fingerprint density at radius 3 is 2.57 bits per heavy atom. The van der Waals surface area contributed by atoms with Crippen molar-refractivity contribution in [3.63, 3.8) is 0 Å². The fraction of sp³-hybridized carbons (Fsp3) is 0.727. The van der Waals surface area contributed by atoms with E-state index >= 15 is 0 Å². The van der Waals surface area contributed by atoms with Crippen LogP contribution in [0.5, 0.6) is 0 Å². The molecule has 14 heavy (non-hydrogen) atoms. The van der Waals surface area contributed by atoms with Crippen LogP contribution in [0, 0.1) is 11.8 Å². The highest BCUT2D eigenvalue weighted by Crippen LogP contribution is 2.44. The highest BCUT2D eigenvalue weighted by Gasteiger charge is 2.40. The summed E-state index contributed by atoms with van der Waals surface area (Å²) < 4.78 is 0. The van der Waals surface area contributed by atoms with Gasteiger partial charge in [-0.3, -0.25) is 0 Å². The number of thiazole rings is 1. The molecular weight excluding hydrogens is 192 g/mol. The van der Waals surface area contributed by atoms with E-state index in [0.29, 0.717) is 0 Å². The average molecular weight is 208 g/mol. The summed E-state index contributed by atoms with van der Waals surface area (Å²) >= 11 is 1.69. The van der Waals surface area contributed by atoms with Gasteiger partial charge in [0.15, 0.2) is 0 Å². The summed E-state index contributed by atoms with van der Waals surface area (Å²) in [6, 6.07) is 0.802. The van der Waals surface area contributed by atoms with Gasteiger partial charge >= 0.3 is 0 Å². The second-order valence-electron chi connectivity index (χ2n) is 4.56. The first-order valence-corrected chi connectivity index (χ1v) is 6.48. The zero-order valence-corrected chi connectivity index (χ0v) is 9.09. The van der Waals surface area contributed by atoms with Gasteiger partial charge in [-0.1, -0.05) is 0 Å². The number of rotatable bonds is 5. The van der Waals surface area contributed by atoms with Crippen LogP contribution in [0.2, 0.25) is 0 Å². The lowest BCUT2D eigenvalue weighted by Crippen LogP contribution is -2.32. The molecule has 3 heteroatoms. The molecule has 76 valence electrons. The lowest BCUT2D eigenvalue weighted by Gasteiger charge is -2.16. The third kappa shape index (κ3) is 1.98. The molecule has 2 aliphatic rings. The Morgan fingerprint density at radius 2 is 2.07 bits per heavy atom. The summed E-state index contributed by atoms with van der Waals surface area (Å²) in [5.41, 5.74) is 3.13. The molecular formula is C11H16N2S. The first-order valence-electron chi connectivity index (χ1n) is 5.54. The number of hydrogen-bond acceptors (Lipinski definition) is 3. The van der Waals surface area contributed by atoms with Gasteiger partial charge in [0.2, 0.25) is 0 Å². The maximum Gasteiger partial charge on any atom is 0.0795 e. The van der Waals surface area contributed by atoms with Gasteiger partial charge in [-0.25, -0.2) is 4.98 Å². The second-order valence-corrected chi connectivity index (χ2v) is 5.28. The van der Waals surface area contributed by atoms with Crippen LogP contribution in [0.25, 0.3) is 0 Å². The Labute approximate surface area is 88.7 Å². The predicted molar refractivity (Wildman–Crippen MR) is 58.2 cm³/mol. The Hall–Kier alpha value is -0.410. The van der Waals surface area contributed by atoms with Crippen LogP contribution in [0.3, 0.4) is 0 Å². The number of aromatic nitrogens is 1. The minimum atomic E-state index is 0.802. The quantitative estimate of drug-likeness (QED) is 0.804. The predicted octanol–water partition coefficient (Wildman–Crippen LogP) is 2.42. The Balaban J connectivity index is 1.54. The van der Waals surface area contributed by atoms with Gasteiger partial charge in [0.1, 0.15) is 0 Å². The molecule has 1 heterocycles. The fourth-order valence-corrected chi connectivity index (χ4v) is 2.73. The highest BCUT2D eigenvalue weighted by molar-refractivity contribution is 7.07. The zero-order chi connectivity index (χ0) is 9.38. The lowest BCUT2D eigenvalue weighted by molar-refractivity contribution is 0.414. The van der Waals surface area contributed by atoms with Crippen molar-refractivity contribution >= 4 is 11.3 Å². The molecule has 0 radical (unpaired) electrons. The SMILES string of the molecule is c1nc(CNC(C2CC2)C2CC2)cs1. The number of nitrogens with zero attached hydrogens (tertiary/aromatic N) is 1. The maximum atomic E-state index is 4.30. The monoisotopic (exact) mass is 208 g/mol. The fourth-order valence-electron chi connectivity index (χ4n) is 2.18. The van der Waals surface area contributed by atoms with E-state index in [9.17, 15) is 0 Å². The summed E-state index contributed by atoms with van der Waals surface area (Å²) in [4.78, 5) is 4.30. The van der Waals surface area contributed by atoms with Gasteiger partial charge < -0.3 is 5.32 Å². The molecule has 3 rings (SSSR count). The smallest absolute Gasteiger partial charge is 0.0795 e. The van der Waals surface area contributed by atoms with Crippen molar-refractivity contribution in [2.45, 2.75) is 38.3 Å². The van der Waals surface area contributed by atoms with Crippen molar-refractivity contribution in [2.75, 3.05) is 0 Å². The molecule has 2 aliphatic carbocycles. The van der Waals surface area contributed by atoms with Crippen LogP contribution in [0.1, 0.15) is 31.4 Å². The molecule has 0 aliphatic heterocycles. The van der Waals surface area contributed by atoms with E-state index in [1.54, 1.807) is 11.3 Å². The Bertz CT molecular complexity index is 276. The molecule has 0 aromatic carbocycles. The molecule has 2 nitrogen and oxygen atoms in total.